The zero-order valence-corrected chi connectivity index (χ0v) is 17.4. The monoisotopic (exact) mass is 429 g/mol. The highest BCUT2D eigenvalue weighted by molar-refractivity contribution is 6.34. The molecule has 1 aromatic heterocycles. The molecule has 0 amide bonds. The molecular formula is C22H21ClFN3O3. The maximum atomic E-state index is 14.8. The molecule has 1 N–H and O–H groups in total. The Bertz CT molecular complexity index is 1140. The van der Waals surface area contributed by atoms with Crippen LogP contribution < -0.4 is 4.90 Å². The molecule has 1 fully saturated rings. The third-order valence-electron chi connectivity index (χ3n) is 5.79. The van der Waals surface area contributed by atoms with Crippen LogP contribution in [0.15, 0.2) is 36.4 Å². The number of nitrogens with zero attached hydrogens (tertiary/aromatic N) is 3. The molecule has 0 unspecified atom stereocenters. The first-order valence-corrected chi connectivity index (χ1v) is 10.1. The van der Waals surface area contributed by atoms with Crippen LogP contribution >= 0.6 is 11.6 Å². The third kappa shape index (κ3) is 3.33. The van der Waals surface area contributed by atoms with E-state index in [2.05, 4.69) is 5.10 Å². The van der Waals surface area contributed by atoms with Crippen molar-refractivity contribution in [1.82, 2.24) is 9.78 Å². The van der Waals surface area contributed by atoms with Crippen LogP contribution in [0.25, 0.3) is 10.9 Å². The van der Waals surface area contributed by atoms with Crippen molar-refractivity contribution in [2.45, 2.75) is 20.3 Å². The van der Waals surface area contributed by atoms with Crippen LogP contribution in [-0.4, -0.2) is 39.9 Å². The van der Waals surface area contributed by atoms with Crippen LogP contribution in [-0.2, 0) is 4.79 Å². The molecule has 156 valence electrons. The molecular weight excluding hydrogens is 409 g/mol. The number of carboxylic acids is 1. The number of piperidine rings is 1. The van der Waals surface area contributed by atoms with E-state index >= 15 is 0 Å². The summed E-state index contributed by atoms with van der Waals surface area (Å²) in [4.78, 5) is 26.6. The van der Waals surface area contributed by atoms with Gasteiger partial charge < -0.3 is 10.0 Å². The van der Waals surface area contributed by atoms with Gasteiger partial charge in [-0.25, -0.2) is 4.39 Å². The van der Waals surface area contributed by atoms with Gasteiger partial charge in [0.1, 0.15) is 5.82 Å². The summed E-state index contributed by atoms with van der Waals surface area (Å²) in [6.45, 7) is 4.47. The molecule has 0 radical (unpaired) electrons. The number of hydrogen-bond donors (Lipinski definition) is 1. The Morgan fingerprint density at radius 2 is 1.97 bits per heavy atom. The van der Waals surface area contributed by atoms with Gasteiger partial charge in [-0.1, -0.05) is 36.7 Å². The minimum atomic E-state index is -0.826. The molecule has 8 heteroatoms. The fourth-order valence-electron chi connectivity index (χ4n) is 4.20. The van der Waals surface area contributed by atoms with Crippen LogP contribution in [0.4, 0.5) is 10.2 Å². The summed E-state index contributed by atoms with van der Waals surface area (Å²) in [5, 5.41) is 14.4. The number of fused-ring (bicyclic) bond motifs is 1. The third-order valence-corrected chi connectivity index (χ3v) is 6.10. The first-order chi connectivity index (χ1) is 14.3. The van der Waals surface area contributed by atoms with Crippen molar-refractivity contribution in [2.75, 3.05) is 18.0 Å². The van der Waals surface area contributed by atoms with E-state index in [4.69, 9.17) is 11.6 Å². The second-order valence-corrected chi connectivity index (χ2v) is 8.17. The lowest BCUT2D eigenvalue weighted by atomic mass is 9.87. The first kappa shape index (κ1) is 20.3. The number of benzene rings is 2. The average molecular weight is 430 g/mol. The van der Waals surface area contributed by atoms with Gasteiger partial charge in [-0.05, 0) is 43.0 Å². The number of aromatic nitrogens is 2. The van der Waals surface area contributed by atoms with Crippen molar-refractivity contribution in [3.8, 4) is 0 Å². The van der Waals surface area contributed by atoms with Crippen molar-refractivity contribution < 1.29 is 19.1 Å². The number of carbonyl (C=O) groups is 2. The van der Waals surface area contributed by atoms with Gasteiger partial charge in [0.15, 0.2) is 5.82 Å². The fraction of sp³-hybridized carbons (Fsp3) is 0.318. The van der Waals surface area contributed by atoms with E-state index in [1.165, 1.54) is 16.8 Å². The molecule has 4 rings (SSSR count). The van der Waals surface area contributed by atoms with E-state index in [0.29, 0.717) is 47.0 Å². The van der Waals surface area contributed by atoms with Gasteiger partial charge in [0.2, 0.25) is 0 Å². The average Bonchev–Trinajstić information content (AvgIpc) is 3.08. The van der Waals surface area contributed by atoms with Crippen LogP contribution in [0.1, 0.15) is 29.3 Å². The summed E-state index contributed by atoms with van der Waals surface area (Å²) in [5.41, 5.74) is 1.37. The quantitative estimate of drug-likeness (QED) is 0.669. The number of anilines is 1. The van der Waals surface area contributed by atoms with Crippen molar-refractivity contribution in [1.29, 1.82) is 0 Å². The molecule has 1 aliphatic heterocycles. The standard InChI is InChI=1S/C22H21ClFN3O3/c1-12-5-3-6-15(23)18(12)21(28)27-17-8-4-7-16(24)19(17)20(25-27)26-10-9-14(22(29)30)13(2)11-26/h3-8,13-14H,9-11H2,1-2H3,(H,29,30)/t13-,14-/m0/s1. The number of hydrogen-bond acceptors (Lipinski definition) is 4. The Morgan fingerprint density at radius 3 is 2.63 bits per heavy atom. The van der Waals surface area contributed by atoms with E-state index in [1.54, 1.807) is 31.2 Å². The van der Waals surface area contributed by atoms with E-state index < -0.39 is 23.6 Å². The molecule has 3 aromatic rings. The molecule has 0 aliphatic carbocycles. The van der Waals surface area contributed by atoms with Crippen LogP contribution in [0.3, 0.4) is 0 Å². The Labute approximate surface area is 177 Å². The molecule has 0 spiro atoms. The van der Waals surface area contributed by atoms with Gasteiger partial charge in [-0.2, -0.15) is 4.68 Å². The molecule has 6 nitrogen and oxygen atoms in total. The Hall–Kier alpha value is -2.93. The lowest BCUT2D eigenvalue weighted by molar-refractivity contribution is -0.144. The van der Waals surface area contributed by atoms with Crippen molar-refractivity contribution in [2.24, 2.45) is 11.8 Å². The summed E-state index contributed by atoms with van der Waals surface area (Å²) in [6.07, 6.45) is 0.427. The summed E-state index contributed by atoms with van der Waals surface area (Å²) >= 11 is 6.27. The molecule has 1 aliphatic rings. The largest absolute Gasteiger partial charge is 0.481 e. The highest BCUT2D eigenvalue weighted by atomic mass is 35.5. The van der Waals surface area contributed by atoms with Crippen molar-refractivity contribution in [3.63, 3.8) is 0 Å². The number of halogens is 2. The SMILES string of the molecule is Cc1cccc(Cl)c1C(=O)n1nc(N2CC[C@H](C(=O)O)[C@@H](C)C2)c2c(F)cccc21. The maximum Gasteiger partial charge on any atom is 0.306 e. The molecule has 2 heterocycles. The first-order valence-electron chi connectivity index (χ1n) is 9.74. The Balaban J connectivity index is 1.82. The zero-order chi connectivity index (χ0) is 21.6. The van der Waals surface area contributed by atoms with Gasteiger partial charge in [-0.3, -0.25) is 9.59 Å². The van der Waals surface area contributed by atoms with E-state index in [1.807, 2.05) is 11.8 Å². The summed E-state index contributed by atoms with van der Waals surface area (Å²) in [7, 11) is 0. The topological polar surface area (TPSA) is 75.4 Å². The second-order valence-electron chi connectivity index (χ2n) is 7.76. The van der Waals surface area contributed by atoms with Crippen molar-refractivity contribution in [3.05, 3.63) is 58.4 Å². The Kier molecular flexibility index (Phi) is 5.24. The van der Waals surface area contributed by atoms with Crippen LogP contribution in [0.2, 0.25) is 5.02 Å². The summed E-state index contributed by atoms with van der Waals surface area (Å²) in [5.74, 6) is -1.99. The van der Waals surface area contributed by atoms with Gasteiger partial charge in [0.05, 0.1) is 27.4 Å². The molecule has 0 bridgehead atoms. The molecule has 2 aromatic carbocycles. The van der Waals surface area contributed by atoms with E-state index in [9.17, 15) is 19.1 Å². The molecule has 2 atom stereocenters. The lowest BCUT2D eigenvalue weighted by Crippen LogP contribution is -2.42. The van der Waals surface area contributed by atoms with E-state index in [0.717, 1.165) is 0 Å². The highest BCUT2D eigenvalue weighted by Gasteiger charge is 2.34. The molecule has 30 heavy (non-hydrogen) atoms. The maximum absolute atomic E-state index is 14.8. The fourth-order valence-corrected chi connectivity index (χ4v) is 4.50. The van der Waals surface area contributed by atoms with Gasteiger partial charge in [0.25, 0.3) is 5.91 Å². The minimum absolute atomic E-state index is 0.135. The van der Waals surface area contributed by atoms with Crippen LogP contribution in [0.5, 0.6) is 0 Å². The molecule has 0 saturated carbocycles. The van der Waals surface area contributed by atoms with E-state index in [-0.39, 0.29) is 11.3 Å². The smallest absolute Gasteiger partial charge is 0.306 e. The number of aliphatic carboxylic acids is 1. The summed E-state index contributed by atoms with van der Waals surface area (Å²) in [6, 6.07) is 9.68. The minimum Gasteiger partial charge on any atom is -0.481 e. The van der Waals surface area contributed by atoms with Gasteiger partial charge in [-0.15, -0.1) is 5.10 Å². The predicted molar refractivity (Wildman–Crippen MR) is 113 cm³/mol. The van der Waals surface area contributed by atoms with Gasteiger partial charge >= 0.3 is 5.97 Å². The zero-order valence-electron chi connectivity index (χ0n) is 16.6. The normalized spacial score (nSPS) is 19.3. The number of rotatable bonds is 3. The predicted octanol–water partition coefficient (Wildman–Crippen LogP) is 4.37. The second kappa shape index (κ2) is 7.72. The molecule has 1 saturated heterocycles. The van der Waals surface area contributed by atoms with Gasteiger partial charge in [0, 0.05) is 13.1 Å². The van der Waals surface area contributed by atoms with Crippen LogP contribution in [0, 0.1) is 24.6 Å². The number of carboxylic acid groups (broad SMARTS) is 1. The number of aryl methyl sites for hydroxylation is 1. The summed E-state index contributed by atoms with van der Waals surface area (Å²) < 4.78 is 16.0. The highest BCUT2D eigenvalue weighted by Crippen LogP contribution is 2.34. The lowest BCUT2D eigenvalue weighted by Gasteiger charge is -2.35. The number of carbonyl (C=O) groups excluding carboxylic acids is 1. The van der Waals surface area contributed by atoms with Crippen molar-refractivity contribution >= 4 is 40.2 Å². The Morgan fingerprint density at radius 1 is 1.23 bits per heavy atom.